The molecule has 1 aliphatic heterocycles. The predicted octanol–water partition coefficient (Wildman–Crippen LogP) is 0.0160. The molecule has 2 heterocycles. The topological polar surface area (TPSA) is 59.1 Å². The summed E-state index contributed by atoms with van der Waals surface area (Å²) in [7, 11) is 0. The average molecular weight is 212 g/mol. The van der Waals surface area contributed by atoms with Crippen LogP contribution in [-0.2, 0) is 4.74 Å². The van der Waals surface area contributed by atoms with Crippen LogP contribution in [-0.4, -0.2) is 42.3 Å². The van der Waals surface area contributed by atoms with Gasteiger partial charge in [0.15, 0.2) is 5.82 Å². The van der Waals surface area contributed by atoms with Crippen LogP contribution in [0.4, 0.5) is 10.3 Å². The number of ether oxygens (including phenoxy) is 1. The van der Waals surface area contributed by atoms with E-state index in [4.69, 9.17) is 4.74 Å². The molecule has 1 saturated heterocycles. The summed E-state index contributed by atoms with van der Waals surface area (Å²) in [4.78, 5) is 7.58. The highest BCUT2D eigenvalue weighted by molar-refractivity contribution is 5.22. The Morgan fingerprint density at radius 2 is 2.33 bits per heavy atom. The highest BCUT2D eigenvalue weighted by Crippen LogP contribution is 2.00. The highest BCUT2D eigenvalue weighted by Gasteiger charge is 2.12. The Morgan fingerprint density at radius 1 is 1.53 bits per heavy atom. The summed E-state index contributed by atoms with van der Waals surface area (Å²) >= 11 is 0. The molecule has 0 amide bonds. The molecule has 0 bridgehead atoms. The molecule has 1 fully saturated rings. The molecule has 6 heteroatoms. The lowest BCUT2D eigenvalue weighted by Crippen LogP contribution is -2.42. The molecule has 0 radical (unpaired) electrons. The van der Waals surface area contributed by atoms with E-state index in [0.717, 1.165) is 32.1 Å². The van der Waals surface area contributed by atoms with Crippen LogP contribution >= 0.6 is 0 Å². The van der Waals surface area contributed by atoms with Gasteiger partial charge in [-0.15, -0.1) is 0 Å². The van der Waals surface area contributed by atoms with Gasteiger partial charge in [0.25, 0.3) is 0 Å². The molecule has 0 aromatic carbocycles. The van der Waals surface area contributed by atoms with Crippen molar-refractivity contribution in [2.45, 2.75) is 6.10 Å². The molecule has 0 saturated carbocycles. The second kappa shape index (κ2) is 4.99. The number of nitrogens with zero attached hydrogens (tertiary/aromatic N) is 2. The first-order valence-electron chi connectivity index (χ1n) is 4.88. The Labute approximate surface area is 87.1 Å². The second-order valence-electron chi connectivity index (χ2n) is 3.30. The zero-order valence-electron chi connectivity index (χ0n) is 8.24. The van der Waals surface area contributed by atoms with Gasteiger partial charge in [-0.2, -0.15) is 0 Å². The van der Waals surface area contributed by atoms with Gasteiger partial charge in [-0.1, -0.05) is 0 Å². The molecule has 1 aromatic rings. The van der Waals surface area contributed by atoms with E-state index in [0.29, 0.717) is 12.5 Å². The van der Waals surface area contributed by atoms with Crippen LogP contribution < -0.4 is 10.6 Å². The maximum atomic E-state index is 12.5. The van der Waals surface area contributed by atoms with Crippen LogP contribution in [0.5, 0.6) is 0 Å². The zero-order chi connectivity index (χ0) is 10.5. The maximum absolute atomic E-state index is 12.5. The summed E-state index contributed by atoms with van der Waals surface area (Å²) in [6.45, 7) is 3.05. The van der Waals surface area contributed by atoms with E-state index in [1.54, 1.807) is 0 Å². The Balaban J connectivity index is 1.79. The molecule has 5 nitrogen and oxygen atoms in total. The number of hydrogen-bond donors (Lipinski definition) is 2. The molecule has 0 aliphatic carbocycles. The minimum Gasteiger partial charge on any atom is -0.374 e. The third-order valence-corrected chi connectivity index (χ3v) is 2.11. The summed E-state index contributed by atoms with van der Waals surface area (Å²) in [6, 6.07) is 0. The Morgan fingerprint density at radius 3 is 3.00 bits per heavy atom. The Bertz CT molecular complexity index is 299. The van der Waals surface area contributed by atoms with Gasteiger partial charge in [0.05, 0.1) is 25.1 Å². The largest absolute Gasteiger partial charge is 0.374 e. The standard InChI is InChI=1S/C9H13FN4O/c10-7-3-12-9(13-4-7)14-6-8-5-11-1-2-15-8/h3-4,8,11H,1-2,5-6H2,(H,12,13,14). The molecule has 15 heavy (non-hydrogen) atoms. The fourth-order valence-corrected chi connectivity index (χ4v) is 1.36. The Hall–Kier alpha value is -1.27. The first kappa shape index (κ1) is 10.3. The number of aromatic nitrogens is 2. The average Bonchev–Trinajstić information content (AvgIpc) is 2.30. The van der Waals surface area contributed by atoms with Crippen LogP contribution in [0, 0.1) is 5.82 Å². The molecule has 2 rings (SSSR count). The summed E-state index contributed by atoms with van der Waals surface area (Å²) in [5.41, 5.74) is 0. The third kappa shape index (κ3) is 3.10. The third-order valence-electron chi connectivity index (χ3n) is 2.11. The minimum absolute atomic E-state index is 0.118. The van der Waals surface area contributed by atoms with Gasteiger partial charge >= 0.3 is 0 Å². The fraction of sp³-hybridized carbons (Fsp3) is 0.556. The van der Waals surface area contributed by atoms with Crippen LogP contribution in [0.25, 0.3) is 0 Å². The monoisotopic (exact) mass is 212 g/mol. The first-order valence-corrected chi connectivity index (χ1v) is 4.88. The van der Waals surface area contributed by atoms with Gasteiger partial charge in [0.2, 0.25) is 5.95 Å². The smallest absolute Gasteiger partial charge is 0.222 e. The van der Waals surface area contributed by atoms with Crippen molar-refractivity contribution in [2.75, 3.05) is 31.6 Å². The molecular formula is C9H13FN4O. The van der Waals surface area contributed by atoms with Gasteiger partial charge < -0.3 is 15.4 Å². The molecule has 1 aromatic heterocycles. The number of anilines is 1. The van der Waals surface area contributed by atoms with Gasteiger partial charge in [0.1, 0.15) is 0 Å². The summed E-state index contributed by atoms with van der Waals surface area (Å²) in [6.07, 6.45) is 2.39. The number of morpholine rings is 1. The van der Waals surface area contributed by atoms with E-state index in [-0.39, 0.29) is 6.10 Å². The van der Waals surface area contributed by atoms with Gasteiger partial charge in [-0.25, -0.2) is 14.4 Å². The van der Waals surface area contributed by atoms with Crippen molar-refractivity contribution in [1.29, 1.82) is 0 Å². The van der Waals surface area contributed by atoms with Crippen molar-refractivity contribution >= 4 is 5.95 Å². The van der Waals surface area contributed by atoms with E-state index in [9.17, 15) is 4.39 Å². The minimum atomic E-state index is -0.434. The predicted molar refractivity (Wildman–Crippen MR) is 53.1 cm³/mol. The van der Waals surface area contributed by atoms with Crippen molar-refractivity contribution in [3.63, 3.8) is 0 Å². The Kier molecular flexibility index (Phi) is 3.41. The molecule has 1 unspecified atom stereocenters. The van der Waals surface area contributed by atoms with E-state index in [2.05, 4.69) is 20.6 Å². The summed E-state index contributed by atoms with van der Waals surface area (Å²) in [5.74, 6) is -0.0123. The number of rotatable bonds is 3. The fourth-order valence-electron chi connectivity index (χ4n) is 1.36. The lowest BCUT2D eigenvalue weighted by atomic mass is 10.3. The zero-order valence-corrected chi connectivity index (χ0v) is 8.24. The van der Waals surface area contributed by atoms with Crippen molar-refractivity contribution in [1.82, 2.24) is 15.3 Å². The number of nitrogens with one attached hydrogen (secondary N) is 2. The summed E-state index contributed by atoms with van der Waals surface area (Å²) < 4.78 is 18.0. The summed E-state index contributed by atoms with van der Waals surface area (Å²) in [5, 5.41) is 6.20. The quantitative estimate of drug-likeness (QED) is 0.739. The molecule has 82 valence electrons. The lowest BCUT2D eigenvalue weighted by molar-refractivity contribution is 0.0371. The van der Waals surface area contributed by atoms with Crippen LogP contribution in [0.3, 0.4) is 0 Å². The molecule has 1 atom stereocenters. The molecule has 1 aliphatic rings. The van der Waals surface area contributed by atoms with Gasteiger partial charge in [-0.3, -0.25) is 0 Å². The molecule has 0 spiro atoms. The van der Waals surface area contributed by atoms with E-state index < -0.39 is 5.82 Å². The normalized spacial score (nSPS) is 21.3. The van der Waals surface area contributed by atoms with Crippen LogP contribution in [0.1, 0.15) is 0 Å². The van der Waals surface area contributed by atoms with Crippen molar-refractivity contribution in [3.05, 3.63) is 18.2 Å². The lowest BCUT2D eigenvalue weighted by Gasteiger charge is -2.23. The number of halogens is 1. The van der Waals surface area contributed by atoms with E-state index in [1.807, 2.05) is 0 Å². The molecule has 2 N–H and O–H groups in total. The van der Waals surface area contributed by atoms with Crippen molar-refractivity contribution in [3.8, 4) is 0 Å². The second-order valence-corrected chi connectivity index (χ2v) is 3.30. The van der Waals surface area contributed by atoms with E-state index >= 15 is 0 Å². The first-order chi connectivity index (χ1) is 7.34. The van der Waals surface area contributed by atoms with Crippen molar-refractivity contribution in [2.24, 2.45) is 0 Å². The number of hydrogen-bond acceptors (Lipinski definition) is 5. The van der Waals surface area contributed by atoms with Gasteiger partial charge in [0, 0.05) is 19.6 Å². The van der Waals surface area contributed by atoms with Crippen LogP contribution in [0.2, 0.25) is 0 Å². The maximum Gasteiger partial charge on any atom is 0.222 e. The molecular weight excluding hydrogens is 199 g/mol. The van der Waals surface area contributed by atoms with Crippen LogP contribution in [0.15, 0.2) is 12.4 Å². The SMILES string of the molecule is Fc1cnc(NCC2CNCCO2)nc1. The highest BCUT2D eigenvalue weighted by atomic mass is 19.1. The van der Waals surface area contributed by atoms with E-state index in [1.165, 1.54) is 0 Å². The van der Waals surface area contributed by atoms with Gasteiger partial charge in [-0.05, 0) is 0 Å². The van der Waals surface area contributed by atoms with Crippen molar-refractivity contribution < 1.29 is 9.13 Å².